The average molecular weight is 727 g/mol. The van der Waals surface area contributed by atoms with Gasteiger partial charge >= 0.3 is 12.0 Å². The quantitative estimate of drug-likeness (QED) is 0.140. The predicted octanol–water partition coefficient (Wildman–Crippen LogP) is 6.32. The van der Waals surface area contributed by atoms with E-state index in [-0.39, 0.29) is 48.6 Å². The third-order valence-electron chi connectivity index (χ3n) is 9.34. The molecule has 0 spiro atoms. The van der Waals surface area contributed by atoms with E-state index in [0.717, 1.165) is 28.7 Å². The lowest BCUT2D eigenvalue weighted by Gasteiger charge is -2.37. The number of rotatable bonds is 17. The van der Waals surface area contributed by atoms with Crippen LogP contribution in [0, 0.1) is 25.2 Å². The Morgan fingerprint density at radius 3 is 2.02 bits per heavy atom. The first-order chi connectivity index (χ1) is 25.2. The van der Waals surface area contributed by atoms with Gasteiger partial charge in [-0.1, -0.05) is 113 Å². The fourth-order valence-corrected chi connectivity index (χ4v) is 6.87. The topological polar surface area (TPSA) is 126 Å². The number of amides is 4. The van der Waals surface area contributed by atoms with Gasteiger partial charge in [-0.25, -0.2) is 4.79 Å². The zero-order valence-corrected chi connectivity index (χ0v) is 32.4. The van der Waals surface area contributed by atoms with Crippen molar-refractivity contribution in [3.63, 3.8) is 0 Å². The zero-order valence-electron chi connectivity index (χ0n) is 32.4. The lowest BCUT2D eigenvalue weighted by atomic mass is 9.91. The normalized spacial score (nSPS) is 15.5. The number of hydrogen-bond donors (Lipinski definition) is 3. The van der Waals surface area contributed by atoms with Crippen molar-refractivity contribution < 1.29 is 28.7 Å². The van der Waals surface area contributed by atoms with Crippen molar-refractivity contribution in [3.05, 3.63) is 101 Å². The molecule has 10 nitrogen and oxygen atoms in total. The minimum Gasteiger partial charge on any atom is -0.483 e. The Bertz CT molecular complexity index is 1640. The van der Waals surface area contributed by atoms with Crippen LogP contribution in [0.3, 0.4) is 0 Å². The molecule has 0 bridgehead atoms. The molecule has 1 fully saturated rings. The minimum atomic E-state index is -0.820. The molecule has 1 aliphatic rings. The van der Waals surface area contributed by atoms with Crippen molar-refractivity contribution >= 4 is 23.8 Å². The zero-order chi connectivity index (χ0) is 38.5. The van der Waals surface area contributed by atoms with Crippen molar-refractivity contribution in [1.82, 2.24) is 20.9 Å². The van der Waals surface area contributed by atoms with E-state index in [9.17, 15) is 19.2 Å². The van der Waals surface area contributed by atoms with Crippen LogP contribution < -0.4 is 20.7 Å². The third kappa shape index (κ3) is 12.9. The van der Waals surface area contributed by atoms with E-state index in [1.54, 1.807) is 4.90 Å². The Morgan fingerprint density at radius 2 is 1.45 bits per heavy atom. The van der Waals surface area contributed by atoms with Crippen LogP contribution in [0.15, 0.2) is 78.9 Å². The first kappa shape index (κ1) is 40.9. The van der Waals surface area contributed by atoms with E-state index in [2.05, 4.69) is 16.0 Å². The van der Waals surface area contributed by atoms with Crippen molar-refractivity contribution in [3.8, 4) is 5.75 Å². The number of benzene rings is 3. The molecule has 1 saturated heterocycles. The SMILES string of the molecule is Cc1cccc(C)c1OCC(=O)N[C@@H](Cc1ccccc1)[C@H](C[C@@H](Cc1ccccc1)NC(=O)[C@H](C(C)C)N1CCCNC1=O)OC(=O)CC(C)(C)C. The van der Waals surface area contributed by atoms with Crippen molar-refractivity contribution in [2.75, 3.05) is 19.7 Å². The molecule has 286 valence electrons. The summed E-state index contributed by atoms with van der Waals surface area (Å²) < 4.78 is 12.4. The highest BCUT2D eigenvalue weighted by atomic mass is 16.5. The molecule has 0 radical (unpaired) electrons. The van der Waals surface area contributed by atoms with Gasteiger partial charge in [0.1, 0.15) is 17.9 Å². The number of nitrogens with one attached hydrogen (secondary N) is 3. The van der Waals surface area contributed by atoms with Crippen molar-refractivity contribution in [1.29, 1.82) is 0 Å². The highest BCUT2D eigenvalue weighted by Gasteiger charge is 2.37. The summed E-state index contributed by atoms with van der Waals surface area (Å²) in [4.78, 5) is 56.0. The maximum atomic E-state index is 14.2. The molecular formula is C43H58N4O6. The summed E-state index contributed by atoms with van der Waals surface area (Å²) >= 11 is 0. The number of carbonyl (C=O) groups is 4. The van der Waals surface area contributed by atoms with E-state index in [0.29, 0.717) is 31.7 Å². The fourth-order valence-electron chi connectivity index (χ4n) is 6.87. The van der Waals surface area contributed by atoms with Crippen LogP contribution in [0.25, 0.3) is 0 Å². The summed E-state index contributed by atoms with van der Waals surface area (Å²) in [6, 6.07) is 23.2. The molecule has 0 aromatic heterocycles. The Balaban J connectivity index is 1.68. The first-order valence-corrected chi connectivity index (χ1v) is 18.8. The van der Waals surface area contributed by atoms with Gasteiger partial charge in [-0.05, 0) is 66.7 Å². The molecule has 53 heavy (non-hydrogen) atoms. The van der Waals surface area contributed by atoms with Gasteiger partial charge in [-0.2, -0.15) is 0 Å². The highest BCUT2D eigenvalue weighted by molar-refractivity contribution is 5.88. The number of aryl methyl sites for hydroxylation is 2. The van der Waals surface area contributed by atoms with Crippen LogP contribution in [0.2, 0.25) is 0 Å². The second kappa shape index (κ2) is 19.3. The van der Waals surface area contributed by atoms with Gasteiger partial charge in [0, 0.05) is 25.6 Å². The lowest BCUT2D eigenvalue weighted by molar-refractivity contribution is -0.154. The van der Waals surface area contributed by atoms with Crippen LogP contribution >= 0.6 is 0 Å². The smallest absolute Gasteiger partial charge is 0.318 e. The van der Waals surface area contributed by atoms with Gasteiger partial charge in [0.2, 0.25) is 5.91 Å². The number of nitrogens with zero attached hydrogens (tertiary/aromatic N) is 1. The highest BCUT2D eigenvalue weighted by Crippen LogP contribution is 2.25. The van der Waals surface area contributed by atoms with Crippen LogP contribution in [0.5, 0.6) is 5.75 Å². The summed E-state index contributed by atoms with van der Waals surface area (Å²) in [5.41, 5.74) is 3.45. The van der Waals surface area contributed by atoms with Gasteiger partial charge in [0.05, 0.1) is 12.5 Å². The Morgan fingerprint density at radius 1 is 0.849 bits per heavy atom. The van der Waals surface area contributed by atoms with Crippen LogP contribution in [-0.2, 0) is 32.0 Å². The monoisotopic (exact) mass is 726 g/mol. The van der Waals surface area contributed by atoms with Gasteiger partial charge in [0.25, 0.3) is 5.91 Å². The van der Waals surface area contributed by atoms with E-state index in [1.807, 2.05) is 127 Å². The molecule has 0 saturated carbocycles. The van der Waals surface area contributed by atoms with E-state index in [1.165, 1.54) is 0 Å². The predicted molar refractivity (Wildman–Crippen MR) is 207 cm³/mol. The summed E-state index contributed by atoms with van der Waals surface area (Å²) in [5, 5.41) is 9.28. The van der Waals surface area contributed by atoms with Crippen LogP contribution in [0.4, 0.5) is 4.79 Å². The largest absolute Gasteiger partial charge is 0.483 e. The molecule has 1 heterocycles. The number of carbonyl (C=O) groups excluding carboxylic acids is 4. The van der Waals surface area contributed by atoms with Crippen molar-refractivity contribution in [2.24, 2.45) is 11.3 Å². The second-order valence-corrected chi connectivity index (χ2v) is 15.7. The fraction of sp³-hybridized carbons (Fsp3) is 0.488. The molecule has 3 aromatic rings. The molecule has 10 heteroatoms. The van der Waals surface area contributed by atoms with Gasteiger partial charge in [-0.15, -0.1) is 0 Å². The first-order valence-electron chi connectivity index (χ1n) is 18.8. The number of ether oxygens (including phenoxy) is 2. The average Bonchev–Trinajstić information content (AvgIpc) is 3.08. The summed E-state index contributed by atoms with van der Waals surface area (Å²) in [6.45, 7) is 14.5. The van der Waals surface area contributed by atoms with Crippen LogP contribution in [0.1, 0.15) is 76.1 Å². The Labute approximate surface area is 315 Å². The summed E-state index contributed by atoms with van der Waals surface area (Å²) in [7, 11) is 0. The lowest BCUT2D eigenvalue weighted by Crippen LogP contribution is -2.59. The number of hydrogen-bond acceptors (Lipinski definition) is 6. The molecule has 3 aromatic carbocycles. The van der Waals surface area contributed by atoms with Gasteiger partial charge in [-0.3, -0.25) is 14.4 Å². The molecule has 4 amide bonds. The number of esters is 1. The second-order valence-electron chi connectivity index (χ2n) is 15.7. The van der Waals surface area contributed by atoms with E-state index < -0.39 is 30.2 Å². The standard InChI is InChI=1S/C43H58N4O6/c1-29(2)39(47-23-15-22-44-42(47)51)41(50)45-34(24-32-18-10-8-11-19-32)26-36(53-38(49)27-43(5,6)7)35(25-33-20-12-9-13-21-33)46-37(48)28-52-40-30(3)16-14-17-31(40)4/h8-14,16-21,29,34-36,39H,15,22-28H2,1-7H3,(H,44,51)(H,45,50)(H,46,48)/t34-,35+,36+,39+/m1/s1. The van der Waals surface area contributed by atoms with E-state index >= 15 is 0 Å². The Kier molecular flexibility index (Phi) is 14.9. The maximum absolute atomic E-state index is 14.2. The molecular weight excluding hydrogens is 668 g/mol. The Hall–Kier alpha value is -4.86. The molecule has 4 atom stereocenters. The molecule has 0 aliphatic carbocycles. The minimum absolute atomic E-state index is 0.154. The van der Waals surface area contributed by atoms with Gasteiger partial charge < -0.3 is 30.3 Å². The van der Waals surface area contributed by atoms with E-state index in [4.69, 9.17) is 9.47 Å². The third-order valence-corrected chi connectivity index (χ3v) is 9.34. The van der Waals surface area contributed by atoms with Gasteiger partial charge in [0.15, 0.2) is 6.61 Å². The summed E-state index contributed by atoms with van der Waals surface area (Å²) in [5.74, 6) is -0.522. The van der Waals surface area contributed by atoms with Crippen molar-refractivity contribution in [2.45, 2.75) is 105 Å². The molecule has 1 aliphatic heterocycles. The number of urea groups is 1. The molecule has 0 unspecified atom stereocenters. The summed E-state index contributed by atoms with van der Waals surface area (Å²) in [6.07, 6.45) is 1.12. The maximum Gasteiger partial charge on any atom is 0.318 e. The molecule has 3 N–H and O–H groups in total. The molecule has 4 rings (SSSR count). The number of para-hydroxylation sites is 1. The van der Waals surface area contributed by atoms with Crippen LogP contribution in [-0.4, -0.2) is 72.6 Å².